The van der Waals surface area contributed by atoms with Crippen molar-refractivity contribution in [2.24, 2.45) is 11.8 Å². The summed E-state index contributed by atoms with van der Waals surface area (Å²) in [6.45, 7) is 5.29. The van der Waals surface area contributed by atoms with Crippen LogP contribution in [0.4, 0.5) is 0 Å². The first-order valence-electron chi connectivity index (χ1n) is 12.2. The fourth-order valence-corrected chi connectivity index (χ4v) is 4.58. The minimum absolute atomic E-state index is 0.177. The van der Waals surface area contributed by atoms with Crippen molar-refractivity contribution < 1.29 is 23.8 Å². The average Bonchev–Trinajstić information content (AvgIpc) is 3.34. The molecular formula is C24H42O5. The predicted octanol–water partition coefficient (Wildman–Crippen LogP) is 5.59. The highest BCUT2D eigenvalue weighted by Gasteiger charge is 2.56. The smallest absolute Gasteiger partial charge is 0.312 e. The fourth-order valence-electron chi connectivity index (χ4n) is 4.58. The molecule has 0 radical (unpaired) electrons. The van der Waals surface area contributed by atoms with Gasteiger partial charge in [0.25, 0.3) is 0 Å². The molecule has 2 bridgehead atoms. The number of rotatable bonds is 16. The van der Waals surface area contributed by atoms with E-state index in [1.807, 2.05) is 0 Å². The normalized spacial score (nSPS) is 25.3. The average molecular weight is 411 g/mol. The highest BCUT2D eigenvalue weighted by molar-refractivity contribution is 5.84. The van der Waals surface area contributed by atoms with Gasteiger partial charge in [0.05, 0.1) is 37.3 Å². The number of hydrogen-bond donors (Lipinski definition) is 0. The summed E-state index contributed by atoms with van der Waals surface area (Å²) in [7, 11) is 0. The zero-order valence-corrected chi connectivity index (χ0v) is 18.7. The summed E-state index contributed by atoms with van der Waals surface area (Å²) in [6, 6.07) is 0. The number of hydrogen-bond acceptors (Lipinski definition) is 5. The Hall–Kier alpha value is -1.10. The molecule has 2 fully saturated rings. The molecule has 2 unspecified atom stereocenters. The number of carbonyl (C=O) groups excluding carboxylic acids is 2. The molecule has 29 heavy (non-hydrogen) atoms. The van der Waals surface area contributed by atoms with E-state index in [9.17, 15) is 9.59 Å². The maximum atomic E-state index is 12.7. The van der Waals surface area contributed by atoms with Gasteiger partial charge in [-0.3, -0.25) is 9.59 Å². The lowest BCUT2D eigenvalue weighted by Crippen LogP contribution is -2.40. The molecule has 2 saturated heterocycles. The van der Waals surface area contributed by atoms with E-state index >= 15 is 0 Å². The van der Waals surface area contributed by atoms with E-state index in [2.05, 4.69) is 13.8 Å². The summed E-state index contributed by atoms with van der Waals surface area (Å²) >= 11 is 0. The molecule has 0 aromatic rings. The lowest BCUT2D eigenvalue weighted by atomic mass is 9.79. The summed E-state index contributed by atoms with van der Waals surface area (Å²) in [6.07, 6.45) is 15.2. The van der Waals surface area contributed by atoms with Crippen molar-refractivity contribution in [3.05, 3.63) is 0 Å². The summed E-state index contributed by atoms with van der Waals surface area (Å²) in [5.74, 6) is -1.50. The van der Waals surface area contributed by atoms with Crippen molar-refractivity contribution in [1.29, 1.82) is 0 Å². The van der Waals surface area contributed by atoms with Crippen molar-refractivity contribution >= 4 is 11.9 Å². The van der Waals surface area contributed by atoms with Crippen LogP contribution in [0.1, 0.15) is 104 Å². The van der Waals surface area contributed by atoms with Crippen molar-refractivity contribution in [3.63, 3.8) is 0 Å². The molecule has 168 valence electrons. The van der Waals surface area contributed by atoms with Crippen LogP contribution in [0.3, 0.4) is 0 Å². The van der Waals surface area contributed by atoms with Gasteiger partial charge in [0.1, 0.15) is 0 Å². The Kier molecular flexibility index (Phi) is 11.7. The number of carbonyl (C=O) groups is 2. The zero-order valence-electron chi connectivity index (χ0n) is 18.7. The van der Waals surface area contributed by atoms with Crippen LogP contribution in [0.15, 0.2) is 0 Å². The second-order valence-corrected chi connectivity index (χ2v) is 8.71. The Morgan fingerprint density at radius 3 is 1.45 bits per heavy atom. The second-order valence-electron chi connectivity index (χ2n) is 8.71. The first-order valence-corrected chi connectivity index (χ1v) is 12.2. The minimum Gasteiger partial charge on any atom is -0.465 e. The largest absolute Gasteiger partial charge is 0.465 e. The van der Waals surface area contributed by atoms with Gasteiger partial charge in [-0.05, 0) is 25.7 Å². The predicted molar refractivity (Wildman–Crippen MR) is 114 cm³/mol. The topological polar surface area (TPSA) is 61.8 Å². The van der Waals surface area contributed by atoms with Gasteiger partial charge in [-0.15, -0.1) is 0 Å². The maximum absolute atomic E-state index is 12.7. The molecule has 0 aliphatic carbocycles. The third kappa shape index (κ3) is 7.92. The summed E-state index contributed by atoms with van der Waals surface area (Å²) < 4.78 is 16.9. The van der Waals surface area contributed by atoms with Gasteiger partial charge < -0.3 is 14.2 Å². The summed E-state index contributed by atoms with van der Waals surface area (Å²) in [5, 5.41) is 0. The molecule has 0 spiro atoms. The van der Waals surface area contributed by atoms with Crippen LogP contribution < -0.4 is 0 Å². The van der Waals surface area contributed by atoms with Crippen LogP contribution in [0.2, 0.25) is 0 Å². The lowest BCUT2D eigenvalue weighted by Gasteiger charge is -2.25. The summed E-state index contributed by atoms with van der Waals surface area (Å²) in [4.78, 5) is 25.3. The summed E-state index contributed by atoms with van der Waals surface area (Å²) in [5.41, 5.74) is 0. The fraction of sp³-hybridized carbons (Fsp3) is 0.917. The van der Waals surface area contributed by atoms with Crippen LogP contribution in [0.5, 0.6) is 0 Å². The first kappa shape index (κ1) is 24.2. The SMILES string of the molecule is CCCCCCCCOC(=O)C1C(C(=O)OCCCCCCCC)[C@H]2CC[C@H]1O2. The Morgan fingerprint density at radius 2 is 1.03 bits per heavy atom. The molecule has 0 amide bonds. The van der Waals surface area contributed by atoms with Crippen molar-refractivity contribution in [2.45, 2.75) is 116 Å². The molecule has 4 atom stereocenters. The molecule has 0 aromatic heterocycles. The van der Waals surface area contributed by atoms with Crippen molar-refractivity contribution in [3.8, 4) is 0 Å². The van der Waals surface area contributed by atoms with Gasteiger partial charge in [0.15, 0.2) is 0 Å². The van der Waals surface area contributed by atoms with Gasteiger partial charge in [0, 0.05) is 0 Å². The van der Waals surface area contributed by atoms with Gasteiger partial charge in [-0.1, -0.05) is 78.1 Å². The molecule has 5 heteroatoms. The van der Waals surface area contributed by atoms with Crippen LogP contribution >= 0.6 is 0 Å². The monoisotopic (exact) mass is 410 g/mol. The molecule has 2 aliphatic rings. The van der Waals surface area contributed by atoms with E-state index in [0.29, 0.717) is 13.2 Å². The number of esters is 2. The number of ether oxygens (including phenoxy) is 3. The molecular weight excluding hydrogens is 368 g/mol. The van der Waals surface area contributed by atoms with Crippen LogP contribution in [-0.4, -0.2) is 37.4 Å². The van der Waals surface area contributed by atoms with Gasteiger partial charge in [-0.25, -0.2) is 0 Å². The second kappa shape index (κ2) is 14.0. The van der Waals surface area contributed by atoms with Crippen LogP contribution in [-0.2, 0) is 23.8 Å². The quantitative estimate of drug-likeness (QED) is 0.245. The van der Waals surface area contributed by atoms with Gasteiger partial charge in [0.2, 0.25) is 0 Å². The Balaban J connectivity index is 1.68. The Bertz CT molecular complexity index is 436. The van der Waals surface area contributed by atoms with E-state index < -0.39 is 11.8 Å². The Labute approximate surface area is 177 Å². The van der Waals surface area contributed by atoms with Gasteiger partial charge >= 0.3 is 11.9 Å². The first-order chi connectivity index (χ1) is 14.2. The van der Waals surface area contributed by atoms with Crippen molar-refractivity contribution in [1.82, 2.24) is 0 Å². The zero-order chi connectivity index (χ0) is 20.9. The highest BCUT2D eigenvalue weighted by Crippen LogP contribution is 2.44. The van der Waals surface area contributed by atoms with Crippen LogP contribution in [0, 0.1) is 11.8 Å². The third-order valence-electron chi connectivity index (χ3n) is 6.30. The lowest BCUT2D eigenvalue weighted by molar-refractivity contribution is -0.161. The molecule has 5 nitrogen and oxygen atoms in total. The highest BCUT2D eigenvalue weighted by atomic mass is 16.6. The maximum Gasteiger partial charge on any atom is 0.312 e. The Morgan fingerprint density at radius 1 is 0.655 bits per heavy atom. The van der Waals surface area contributed by atoms with E-state index in [1.165, 1.54) is 51.4 Å². The molecule has 0 N–H and O–H groups in total. The molecule has 0 aromatic carbocycles. The minimum atomic E-state index is -0.481. The molecule has 0 saturated carbocycles. The van der Waals surface area contributed by atoms with E-state index in [-0.39, 0.29) is 24.1 Å². The van der Waals surface area contributed by atoms with Gasteiger partial charge in [-0.2, -0.15) is 0 Å². The van der Waals surface area contributed by atoms with E-state index in [0.717, 1.165) is 38.5 Å². The van der Waals surface area contributed by atoms with Crippen LogP contribution in [0.25, 0.3) is 0 Å². The van der Waals surface area contributed by atoms with Crippen molar-refractivity contribution in [2.75, 3.05) is 13.2 Å². The van der Waals surface area contributed by atoms with E-state index in [1.54, 1.807) is 0 Å². The molecule has 2 rings (SSSR count). The number of fused-ring (bicyclic) bond motifs is 2. The third-order valence-corrected chi connectivity index (χ3v) is 6.30. The standard InChI is InChI=1S/C24H42O5/c1-3-5-7-9-11-13-17-27-23(25)21-19-15-16-20(29-19)22(21)24(26)28-18-14-12-10-8-6-4-2/h19-22H,3-18H2,1-2H3/t19-,20-,21?,22?/m1/s1. The molecule has 2 aliphatic heterocycles. The number of unbranched alkanes of at least 4 members (excludes halogenated alkanes) is 10. The molecule has 2 heterocycles. The van der Waals surface area contributed by atoms with E-state index in [4.69, 9.17) is 14.2 Å².